The van der Waals surface area contributed by atoms with Gasteiger partial charge in [-0.15, -0.1) is 0 Å². The number of nitrogens with zero attached hydrogens (tertiary/aromatic N) is 2. The monoisotopic (exact) mass is 399 g/mol. The number of aryl methyl sites for hydroxylation is 1. The molecule has 3 rings (SSSR count). The van der Waals surface area contributed by atoms with Crippen molar-refractivity contribution in [1.29, 1.82) is 0 Å². The van der Waals surface area contributed by atoms with E-state index < -0.39 is 0 Å². The van der Waals surface area contributed by atoms with Crippen LogP contribution in [0.4, 0.5) is 5.82 Å². The molecule has 2 amide bonds. The van der Waals surface area contributed by atoms with Gasteiger partial charge < -0.3 is 9.84 Å². The van der Waals surface area contributed by atoms with Gasteiger partial charge in [0, 0.05) is 19.0 Å². The first-order chi connectivity index (χ1) is 13.0. The average molecular weight is 399 g/mol. The van der Waals surface area contributed by atoms with Gasteiger partial charge >= 0.3 is 0 Å². The highest BCUT2D eigenvalue weighted by molar-refractivity contribution is 8.26. The Labute approximate surface area is 166 Å². The van der Waals surface area contributed by atoms with E-state index in [0.717, 1.165) is 5.56 Å². The zero-order chi connectivity index (χ0) is 19.2. The normalized spacial score (nSPS) is 15.9. The van der Waals surface area contributed by atoms with E-state index in [1.165, 1.54) is 16.7 Å². The number of rotatable bonds is 6. The molecule has 1 aromatic heterocycles. The molecule has 6 nitrogen and oxygen atoms in total. The zero-order valence-corrected chi connectivity index (χ0v) is 16.2. The Kier molecular flexibility index (Phi) is 6.20. The van der Waals surface area contributed by atoms with Crippen LogP contribution in [-0.2, 0) is 9.59 Å². The smallest absolute Gasteiger partial charge is 0.266 e. The average Bonchev–Trinajstić information content (AvgIpc) is 3.17. The predicted octanol–water partition coefficient (Wildman–Crippen LogP) is 3.77. The molecule has 1 aliphatic rings. The maximum absolute atomic E-state index is 12.5. The predicted molar refractivity (Wildman–Crippen MR) is 110 cm³/mol. The lowest BCUT2D eigenvalue weighted by atomic mass is 10.2. The Hall–Kier alpha value is -2.71. The Bertz CT molecular complexity index is 919. The third-order valence-corrected chi connectivity index (χ3v) is 5.06. The minimum absolute atomic E-state index is 0.117. The molecule has 0 atom stereocenters. The van der Waals surface area contributed by atoms with E-state index >= 15 is 0 Å². The lowest BCUT2D eigenvalue weighted by molar-refractivity contribution is -0.122. The van der Waals surface area contributed by atoms with Crippen molar-refractivity contribution in [3.8, 4) is 0 Å². The van der Waals surface area contributed by atoms with E-state index in [4.69, 9.17) is 16.7 Å². The van der Waals surface area contributed by atoms with Crippen LogP contribution < -0.4 is 5.32 Å². The Morgan fingerprint density at radius 3 is 2.85 bits per heavy atom. The van der Waals surface area contributed by atoms with Gasteiger partial charge in [-0.2, -0.15) is 0 Å². The molecule has 2 heterocycles. The molecule has 0 bridgehead atoms. The zero-order valence-electron chi connectivity index (χ0n) is 14.5. The summed E-state index contributed by atoms with van der Waals surface area (Å²) in [6.45, 7) is 1.95. The van der Waals surface area contributed by atoms with Crippen molar-refractivity contribution < 1.29 is 14.1 Å². The molecule has 1 N–H and O–H groups in total. The number of amides is 2. The first-order valence-electron chi connectivity index (χ1n) is 8.23. The number of allylic oxidation sites excluding steroid dienone is 2. The topological polar surface area (TPSA) is 75.4 Å². The number of carbonyl (C=O) groups excluding carboxylic acids is 2. The summed E-state index contributed by atoms with van der Waals surface area (Å²) in [7, 11) is 0. The fourth-order valence-corrected chi connectivity index (χ4v) is 3.62. The van der Waals surface area contributed by atoms with Crippen LogP contribution in [0.2, 0.25) is 0 Å². The van der Waals surface area contributed by atoms with Crippen LogP contribution in [0.25, 0.3) is 6.08 Å². The van der Waals surface area contributed by atoms with E-state index in [9.17, 15) is 9.59 Å². The highest BCUT2D eigenvalue weighted by atomic mass is 32.2. The van der Waals surface area contributed by atoms with Crippen LogP contribution >= 0.6 is 24.0 Å². The van der Waals surface area contributed by atoms with Crippen LogP contribution in [-0.4, -0.2) is 32.7 Å². The third-order valence-electron chi connectivity index (χ3n) is 3.67. The van der Waals surface area contributed by atoms with Crippen molar-refractivity contribution in [2.45, 2.75) is 13.3 Å². The van der Waals surface area contributed by atoms with E-state index in [1.54, 1.807) is 19.1 Å². The summed E-state index contributed by atoms with van der Waals surface area (Å²) < 4.78 is 5.34. The molecular weight excluding hydrogens is 382 g/mol. The molecule has 1 fully saturated rings. The molecule has 0 saturated carbocycles. The van der Waals surface area contributed by atoms with Crippen molar-refractivity contribution in [3.05, 3.63) is 64.8 Å². The fraction of sp³-hybridized carbons (Fsp3) is 0.158. The van der Waals surface area contributed by atoms with Gasteiger partial charge in [0.1, 0.15) is 10.1 Å². The van der Waals surface area contributed by atoms with Gasteiger partial charge in [-0.05, 0) is 18.6 Å². The maximum Gasteiger partial charge on any atom is 0.266 e. The number of anilines is 1. The minimum Gasteiger partial charge on any atom is -0.360 e. The highest BCUT2D eigenvalue weighted by Gasteiger charge is 2.31. The summed E-state index contributed by atoms with van der Waals surface area (Å²) in [6, 6.07) is 11.4. The molecule has 1 aliphatic heterocycles. The number of aromatic nitrogens is 1. The molecule has 0 spiro atoms. The number of hydrogen-bond donors (Lipinski definition) is 1. The van der Waals surface area contributed by atoms with Gasteiger partial charge in [-0.25, -0.2) is 0 Å². The molecule has 138 valence electrons. The number of thiocarbonyl (C=S) groups is 1. The summed E-state index contributed by atoms with van der Waals surface area (Å²) in [5, 5.41) is 6.32. The molecule has 0 radical (unpaired) electrons. The summed E-state index contributed by atoms with van der Waals surface area (Å²) >= 11 is 6.50. The van der Waals surface area contributed by atoms with E-state index in [0.29, 0.717) is 20.8 Å². The molecule has 1 aromatic carbocycles. The summed E-state index contributed by atoms with van der Waals surface area (Å²) in [5.74, 6) is 0.517. The van der Waals surface area contributed by atoms with Crippen LogP contribution in [0.1, 0.15) is 17.7 Å². The quantitative estimate of drug-likeness (QED) is 0.589. The van der Waals surface area contributed by atoms with Crippen molar-refractivity contribution in [3.63, 3.8) is 0 Å². The molecule has 1 saturated heterocycles. The molecule has 0 unspecified atom stereocenters. The van der Waals surface area contributed by atoms with Crippen LogP contribution in [0.5, 0.6) is 0 Å². The van der Waals surface area contributed by atoms with Gasteiger partial charge in [-0.3, -0.25) is 14.5 Å². The second-order valence-electron chi connectivity index (χ2n) is 5.75. The molecular formula is C19H17N3O3S2. The van der Waals surface area contributed by atoms with Gasteiger partial charge in [0.25, 0.3) is 5.91 Å². The summed E-state index contributed by atoms with van der Waals surface area (Å²) in [4.78, 5) is 26.5. The Morgan fingerprint density at radius 1 is 1.37 bits per heavy atom. The number of thioether (sulfide) groups is 1. The number of nitrogens with one attached hydrogen (secondary N) is 1. The lowest BCUT2D eigenvalue weighted by Gasteiger charge is -2.13. The number of carbonyl (C=O) groups is 2. The molecule has 27 heavy (non-hydrogen) atoms. The van der Waals surface area contributed by atoms with Gasteiger partial charge in [0.2, 0.25) is 5.91 Å². The van der Waals surface area contributed by atoms with Crippen LogP contribution in [0.3, 0.4) is 0 Å². The SMILES string of the molecule is Cc1cc(NC(=O)CCN2C(=O)C(=CC=Cc3ccccc3)SC2=S)no1. The lowest BCUT2D eigenvalue weighted by Crippen LogP contribution is -2.31. The first kappa shape index (κ1) is 19.1. The Morgan fingerprint density at radius 2 is 2.15 bits per heavy atom. The largest absolute Gasteiger partial charge is 0.360 e. The van der Waals surface area contributed by atoms with Crippen LogP contribution in [0, 0.1) is 6.92 Å². The second-order valence-corrected chi connectivity index (χ2v) is 7.42. The standard InChI is InChI=1S/C19H17N3O3S2/c1-13-12-16(21-25-13)20-17(23)10-11-22-18(24)15(27-19(22)26)9-5-8-14-6-3-2-4-7-14/h2-9,12H,10-11H2,1H3,(H,20,21,23). The number of benzene rings is 1. The first-order valence-corrected chi connectivity index (χ1v) is 9.45. The van der Waals surface area contributed by atoms with Crippen molar-refractivity contribution in [1.82, 2.24) is 10.1 Å². The third kappa shape index (κ3) is 5.15. The van der Waals surface area contributed by atoms with Crippen molar-refractivity contribution >= 4 is 52.0 Å². The summed E-state index contributed by atoms with van der Waals surface area (Å²) in [5.41, 5.74) is 1.05. The minimum atomic E-state index is -0.259. The molecule has 8 heteroatoms. The second kappa shape index (κ2) is 8.79. The van der Waals surface area contributed by atoms with Crippen LogP contribution in [0.15, 0.2) is 58.0 Å². The number of hydrogen-bond acceptors (Lipinski definition) is 6. The van der Waals surface area contributed by atoms with Gasteiger partial charge in [-0.1, -0.05) is 71.6 Å². The van der Waals surface area contributed by atoms with Gasteiger partial charge in [0.15, 0.2) is 5.82 Å². The van der Waals surface area contributed by atoms with Crippen molar-refractivity contribution in [2.24, 2.45) is 0 Å². The fourth-order valence-electron chi connectivity index (χ4n) is 2.36. The Balaban J connectivity index is 1.55. The summed E-state index contributed by atoms with van der Waals surface area (Å²) in [6.07, 6.45) is 5.59. The molecule has 0 aliphatic carbocycles. The van der Waals surface area contributed by atoms with E-state index in [2.05, 4.69) is 10.5 Å². The van der Waals surface area contributed by atoms with E-state index in [-0.39, 0.29) is 24.8 Å². The van der Waals surface area contributed by atoms with Gasteiger partial charge in [0.05, 0.1) is 4.91 Å². The maximum atomic E-state index is 12.5. The molecule has 2 aromatic rings. The van der Waals surface area contributed by atoms with E-state index in [1.807, 2.05) is 42.5 Å². The highest BCUT2D eigenvalue weighted by Crippen LogP contribution is 2.31. The van der Waals surface area contributed by atoms with Crippen molar-refractivity contribution in [2.75, 3.05) is 11.9 Å².